The molecule has 1 heterocycles. The third-order valence-electron chi connectivity index (χ3n) is 4.48. The summed E-state index contributed by atoms with van der Waals surface area (Å²) in [7, 11) is 0. The highest BCUT2D eigenvalue weighted by atomic mass is 16.4. The van der Waals surface area contributed by atoms with Gasteiger partial charge in [0, 0.05) is 13.1 Å². The van der Waals surface area contributed by atoms with Crippen LogP contribution < -0.4 is 5.32 Å². The first-order valence-electron chi connectivity index (χ1n) is 7.30. The second-order valence-electron chi connectivity index (χ2n) is 6.16. The fourth-order valence-corrected chi connectivity index (χ4v) is 3.01. The number of nitrogens with one attached hydrogen (secondary N) is 1. The van der Waals surface area contributed by atoms with Gasteiger partial charge in [-0.05, 0) is 44.4 Å². The molecule has 2 aliphatic rings. The Morgan fingerprint density at radius 2 is 2.00 bits per heavy atom. The van der Waals surface area contributed by atoms with E-state index in [2.05, 4.69) is 12.2 Å². The molecule has 5 nitrogen and oxygen atoms in total. The molecule has 0 aromatic carbocycles. The van der Waals surface area contributed by atoms with Crippen LogP contribution >= 0.6 is 0 Å². The minimum absolute atomic E-state index is 0.0446. The van der Waals surface area contributed by atoms with Crippen molar-refractivity contribution in [2.45, 2.75) is 57.4 Å². The van der Waals surface area contributed by atoms with Crippen molar-refractivity contribution in [2.75, 3.05) is 13.1 Å². The van der Waals surface area contributed by atoms with Crippen LogP contribution in [0, 0.1) is 5.92 Å². The van der Waals surface area contributed by atoms with Crippen LogP contribution in [0.2, 0.25) is 0 Å². The van der Waals surface area contributed by atoms with Crippen LogP contribution in [0.5, 0.6) is 0 Å². The van der Waals surface area contributed by atoms with Crippen molar-refractivity contribution in [1.82, 2.24) is 10.2 Å². The lowest BCUT2D eigenvalue weighted by Crippen LogP contribution is -2.58. The minimum atomic E-state index is -0.829. The number of carboxylic acids is 1. The molecule has 19 heavy (non-hydrogen) atoms. The summed E-state index contributed by atoms with van der Waals surface area (Å²) in [4.78, 5) is 25.0. The van der Waals surface area contributed by atoms with Crippen molar-refractivity contribution >= 4 is 12.0 Å². The molecule has 0 spiro atoms. The van der Waals surface area contributed by atoms with E-state index in [-0.39, 0.29) is 12.5 Å². The monoisotopic (exact) mass is 268 g/mol. The Morgan fingerprint density at radius 1 is 1.26 bits per heavy atom. The molecular weight excluding hydrogens is 244 g/mol. The van der Waals surface area contributed by atoms with Crippen LogP contribution in [0.4, 0.5) is 4.79 Å². The highest BCUT2D eigenvalue weighted by Gasteiger charge is 2.41. The highest BCUT2D eigenvalue weighted by molar-refractivity contribution is 5.77. The number of hydrogen-bond donors (Lipinski definition) is 2. The normalized spacial score (nSPS) is 26.2. The van der Waals surface area contributed by atoms with Crippen molar-refractivity contribution < 1.29 is 14.7 Å². The minimum Gasteiger partial charge on any atom is -0.481 e. The van der Waals surface area contributed by atoms with Gasteiger partial charge in [0.2, 0.25) is 0 Å². The number of nitrogens with zero attached hydrogens (tertiary/aromatic N) is 1. The van der Waals surface area contributed by atoms with Crippen LogP contribution in [0.1, 0.15) is 51.9 Å². The molecule has 1 saturated heterocycles. The van der Waals surface area contributed by atoms with E-state index in [4.69, 9.17) is 5.11 Å². The summed E-state index contributed by atoms with van der Waals surface area (Å²) in [6, 6.07) is -0.0740. The summed E-state index contributed by atoms with van der Waals surface area (Å²) >= 11 is 0. The average molecular weight is 268 g/mol. The zero-order valence-electron chi connectivity index (χ0n) is 11.7. The Balaban J connectivity index is 1.90. The average Bonchev–Trinajstić information content (AvgIpc) is 2.50. The first kappa shape index (κ1) is 14.2. The molecule has 2 N–H and O–H groups in total. The molecule has 5 heteroatoms. The summed E-state index contributed by atoms with van der Waals surface area (Å²) < 4.78 is 0. The van der Waals surface area contributed by atoms with Crippen LogP contribution in [-0.2, 0) is 4.79 Å². The molecule has 108 valence electrons. The summed E-state index contributed by atoms with van der Waals surface area (Å²) in [6.45, 7) is 3.80. The molecule has 0 radical (unpaired) electrons. The van der Waals surface area contributed by atoms with Crippen molar-refractivity contribution in [3.05, 3.63) is 0 Å². The number of amides is 2. The lowest BCUT2D eigenvalue weighted by Gasteiger charge is -2.42. The van der Waals surface area contributed by atoms with Crippen LogP contribution in [-0.4, -0.2) is 40.6 Å². The summed E-state index contributed by atoms with van der Waals surface area (Å²) in [5.74, 6) is -0.154. The van der Waals surface area contributed by atoms with Gasteiger partial charge in [-0.3, -0.25) is 4.79 Å². The van der Waals surface area contributed by atoms with Crippen molar-refractivity contribution in [2.24, 2.45) is 5.92 Å². The van der Waals surface area contributed by atoms with Gasteiger partial charge in [-0.1, -0.05) is 6.92 Å². The van der Waals surface area contributed by atoms with Crippen molar-refractivity contribution in [3.8, 4) is 0 Å². The first-order chi connectivity index (χ1) is 9.01. The SMILES string of the molecule is CC1CCCN(C(=O)NC2(CC(=O)O)CCC2)CC1. The molecule has 2 rings (SSSR count). The van der Waals surface area contributed by atoms with Gasteiger partial charge >= 0.3 is 12.0 Å². The molecular formula is C14H24N2O3. The van der Waals surface area contributed by atoms with E-state index in [1.165, 1.54) is 6.42 Å². The lowest BCUT2D eigenvalue weighted by atomic mass is 9.74. The van der Waals surface area contributed by atoms with Gasteiger partial charge in [0.05, 0.1) is 12.0 Å². The van der Waals surface area contributed by atoms with E-state index in [9.17, 15) is 9.59 Å². The van der Waals surface area contributed by atoms with Crippen molar-refractivity contribution in [1.29, 1.82) is 0 Å². The molecule has 1 unspecified atom stereocenters. The number of aliphatic carboxylic acids is 1. The van der Waals surface area contributed by atoms with Gasteiger partial charge < -0.3 is 15.3 Å². The van der Waals surface area contributed by atoms with Gasteiger partial charge in [-0.25, -0.2) is 4.79 Å². The maximum absolute atomic E-state index is 12.3. The number of carbonyl (C=O) groups excluding carboxylic acids is 1. The van der Waals surface area contributed by atoms with Gasteiger partial charge in [0.15, 0.2) is 0 Å². The number of urea groups is 1. The maximum atomic E-state index is 12.3. The van der Waals surface area contributed by atoms with E-state index in [0.717, 1.165) is 45.2 Å². The van der Waals surface area contributed by atoms with Gasteiger partial charge in [-0.15, -0.1) is 0 Å². The molecule has 1 aliphatic carbocycles. The molecule has 0 bridgehead atoms. The molecule has 1 aliphatic heterocycles. The number of carbonyl (C=O) groups is 2. The Labute approximate surface area is 114 Å². The molecule has 0 aromatic rings. The molecule has 1 saturated carbocycles. The molecule has 0 aromatic heterocycles. The molecule has 1 atom stereocenters. The predicted octanol–water partition coefficient (Wildman–Crippen LogP) is 2.22. The fraction of sp³-hybridized carbons (Fsp3) is 0.857. The fourth-order valence-electron chi connectivity index (χ4n) is 3.01. The highest BCUT2D eigenvalue weighted by Crippen LogP contribution is 2.35. The second kappa shape index (κ2) is 5.80. The second-order valence-corrected chi connectivity index (χ2v) is 6.16. The Bertz CT molecular complexity index is 353. The zero-order valence-corrected chi connectivity index (χ0v) is 11.7. The topological polar surface area (TPSA) is 69.6 Å². The van der Waals surface area contributed by atoms with E-state index >= 15 is 0 Å². The van der Waals surface area contributed by atoms with Gasteiger partial charge in [0.25, 0.3) is 0 Å². The molecule has 2 fully saturated rings. The Morgan fingerprint density at radius 3 is 2.58 bits per heavy atom. The third-order valence-corrected chi connectivity index (χ3v) is 4.48. The Kier molecular flexibility index (Phi) is 4.32. The standard InChI is InChI=1S/C14H24N2O3/c1-11-4-2-8-16(9-5-11)13(19)15-14(6-3-7-14)10-12(17)18/h11H,2-10H2,1H3,(H,15,19)(H,17,18). The van der Waals surface area contributed by atoms with E-state index in [0.29, 0.717) is 5.92 Å². The Hall–Kier alpha value is -1.26. The van der Waals surface area contributed by atoms with Crippen molar-refractivity contribution in [3.63, 3.8) is 0 Å². The number of carboxylic acid groups (broad SMARTS) is 1. The smallest absolute Gasteiger partial charge is 0.317 e. The van der Waals surface area contributed by atoms with Gasteiger partial charge in [0.1, 0.15) is 0 Å². The zero-order chi connectivity index (χ0) is 13.9. The number of likely N-dealkylation sites (tertiary alicyclic amines) is 1. The lowest BCUT2D eigenvalue weighted by molar-refractivity contribution is -0.139. The maximum Gasteiger partial charge on any atom is 0.317 e. The summed E-state index contributed by atoms with van der Waals surface area (Å²) in [5.41, 5.74) is -0.485. The third kappa shape index (κ3) is 3.61. The van der Waals surface area contributed by atoms with Crippen LogP contribution in [0.15, 0.2) is 0 Å². The summed E-state index contributed by atoms with van der Waals surface area (Å²) in [6.07, 6.45) is 5.88. The quantitative estimate of drug-likeness (QED) is 0.824. The van der Waals surface area contributed by atoms with Crippen LogP contribution in [0.25, 0.3) is 0 Å². The largest absolute Gasteiger partial charge is 0.481 e. The molecule has 2 amide bonds. The number of rotatable bonds is 3. The summed E-state index contributed by atoms with van der Waals surface area (Å²) in [5, 5.41) is 11.9. The predicted molar refractivity (Wildman–Crippen MR) is 72.0 cm³/mol. The van der Waals surface area contributed by atoms with E-state index in [1.807, 2.05) is 4.90 Å². The van der Waals surface area contributed by atoms with Gasteiger partial charge in [-0.2, -0.15) is 0 Å². The number of hydrogen-bond acceptors (Lipinski definition) is 2. The first-order valence-corrected chi connectivity index (χ1v) is 7.30. The van der Waals surface area contributed by atoms with Crippen LogP contribution in [0.3, 0.4) is 0 Å². The van der Waals surface area contributed by atoms with E-state index < -0.39 is 11.5 Å². The van der Waals surface area contributed by atoms with E-state index in [1.54, 1.807) is 0 Å².